The molecule has 7 aromatic heterocycles. The summed E-state index contributed by atoms with van der Waals surface area (Å²) in [5.41, 5.74) is 5.97. The number of unbranched alkanes of at least 4 members (excludes halogenated alkanes) is 5. The van der Waals surface area contributed by atoms with Crippen molar-refractivity contribution in [2.45, 2.75) is 91.5 Å². The molecule has 0 amide bonds. The van der Waals surface area contributed by atoms with E-state index in [4.69, 9.17) is 0 Å². The molecule has 0 atom stereocenters. The second-order valence-electron chi connectivity index (χ2n) is 12.0. The van der Waals surface area contributed by atoms with Gasteiger partial charge in [-0.05, 0) is 90.4 Å². The lowest BCUT2D eigenvalue weighted by Crippen LogP contribution is -1.96. The maximum absolute atomic E-state index is 2.65. The van der Waals surface area contributed by atoms with E-state index in [-0.39, 0.29) is 0 Å². The molecule has 7 rings (SSSR count). The predicted octanol–water partition coefficient (Wildman–Crippen LogP) is 15.1. The first-order valence-corrected chi connectivity index (χ1v) is 21.6. The van der Waals surface area contributed by atoms with Gasteiger partial charge in [0.1, 0.15) is 0 Å². The van der Waals surface area contributed by atoms with E-state index in [1.54, 1.807) is 11.1 Å². The van der Waals surface area contributed by atoms with Gasteiger partial charge in [-0.2, -0.15) is 0 Å². The lowest BCUT2D eigenvalue weighted by molar-refractivity contribution is 0.602. The Morgan fingerprint density at radius 2 is 1.00 bits per heavy atom. The van der Waals surface area contributed by atoms with Gasteiger partial charge in [-0.15, -0.1) is 68.0 Å². The van der Waals surface area contributed by atoms with E-state index in [0.29, 0.717) is 0 Å². The number of fused-ring (bicyclic) bond motifs is 3. The minimum Gasteiger partial charge on any atom is -0.339 e. The van der Waals surface area contributed by atoms with Crippen LogP contribution >= 0.6 is 68.0 Å². The molecule has 0 aromatic carbocycles. The van der Waals surface area contributed by atoms with Gasteiger partial charge in [0.15, 0.2) is 0 Å². The van der Waals surface area contributed by atoms with Crippen molar-refractivity contribution in [3.05, 3.63) is 70.4 Å². The highest BCUT2D eigenvalue weighted by atomic mass is 32.1. The van der Waals surface area contributed by atoms with Crippen LogP contribution < -0.4 is 0 Å². The van der Waals surface area contributed by atoms with Crippen LogP contribution in [-0.2, 0) is 19.4 Å². The van der Waals surface area contributed by atoms with Crippen LogP contribution in [0.4, 0.5) is 0 Å². The summed E-state index contributed by atoms with van der Waals surface area (Å²) in [6, 6.07) is 19.0. The SMILES string of the molecule is CCCCCCn1c2cc(-c3cccs3)sc2c2sc(-c3cc(CCCC)c(-c4sc(-c5cccs5)cc4CCCC)s3)cc21. The Kier molecular flexibility index (Phi) is 10.1. The highest BCUT2D eigenvalue weighted by Gasteiger charge is 2.23. The zero-order chi connectivity index (χ0) is 30.8. The maximum Gasteiger partial charge on any atom is 0.0708 e. The second-order valence-corrected chi connectivity index (χ2v) is 18.1. The fourth-order valence-corrected chi connectivity index (χ4v) is 13.0. The minimum atomic E-state index is 1.11. The van der Waals surface area contributed by atoms with Crippen molar-refractivity contribution in [1.29, 1.82) is 0 Å². The maximum atomic E-state index is 2.65. The Labute approximate surface area is 291 Å². The molecule has 0 bridgehead atoms. The first-order valence-electron chi connectivity index (χ1n) is 16.6. The predicted molar refractivity (Wildman–Crippen MR) is 210 cm³/mol. The largest absolute Gasteiger partial charge is 0.339 e. The van der Waals surface area contributed by atoms with Gasteiger partial charge in [0, 0.05) is 45.6 Å². The fraction of sp³-hybridized carbons (Fsp3) is 0.368. The van der Waals surface area contributed by atoms with Crippen LogP contribution in [0.2, 0.25) is 0 Å². The summed E-state index contributed by atoms with van der Waals surface area (Å²) in [7, 11) is 0. The topological polar surface area (TPSA) is 4.93 Å². The third-order valence-electron chi connectivity index (χ3n) is 8.64. The van der Waals surface area contributed by atoms with Crippen LogP contribution in [0, 0.1) is 0 Å². The van der Waals surface area contributed by atoms with Gasteiger partial charge in [-0.25, -0.2) is 0 Å². The molecule has 0 spiro atoms. The van der Waals surface area contributed by atoms with E-state index in [9.17, 15) is 0 Å². The Morgan fingerprint density at radius 1 is 0.511 bits per heavy atom. The number of aryl methyl sites for hydroxylation is 3. The van der Waals surface area contributed by atoms with E-state index >= 15 is 0 Å². The molecule has 45 heavy (non-hydrogen) atoms. The first kappa shape index (κ1) is 31.6. The number of hydrogen-bond donors (Lipinski definition) is 0. The van der Waals surface area contributed by atoms with E-state index in [1.807, 2.05) is 56.7 Å². The Balaban J connectivity index is 1.32. The van der Waals surface area contributed by atoms with Crippen LogP contribution in [0.3, 0.4) is 0 Å². The van der Waals surface area contributed by atoms with Crippen molar-refractivity contribution in [2.75, 3.05) is 0 Å². The molecule has 0 fully saturated rings. The molecule has 7 heteroatoms. The molecule has 1 nitrogen and oxygen atoms in total. The number of hydrogen-bond acceptors (Lipinski definition) is 6. The van der Waals surface area contributed by atoms with Crippen LogP contribution in [0.5, 0.6) is 0 Å². The summed E-state index contributed by atoms with van der Waals surface area (Å²) >= 11 is 11.8. The van der Waals surface area contributed by atoms with Gasteiger partial charge in [0.05, 0.1) is 20.4 Å². The molecule has 0 aliphatic heterocycles. The molecule has 7 heterocycles. The summed E-state index contributed by atoms with van der Waals surface area (Å²) in [6.45, 7) is 8.05. The molecule has 0 saturated heterocycles. The third kappa shape index (κ3) is 6.46. The van der Waals surface area contributed by atoms with E-state index in [1.165, 1.54) is 117 Å². The number of rotatable bonds is 15. The molecule has 0 radical (unpaired) electrons. The van der Waals surface area contributed by atoms with Crippen molar-refractivity contribution in [2.24, 2.45) is 0 Å². The van der Waals surface area contributed by atoms with Gasteiger partial charge in [-0.3, -0.25) is 0 Å². The van der Waals surface area contributed by atoms with Gasteiger partial charge in [0.25, 0.3) is 0 Å². The van der Waals surface area contributed by atoms with Gasteiger partial charge < -0.3 is 4.57 Å². The smallest absolute Gasteiger partial charge is 0.0708 e. The Hall–Kier alpha value is -2.00. The van der Waals surface area contributed by atoms with E-state index in [2.05, 4.69) is 96.0 Å². The zero-order valence-electron chi connectivity index (χ0n) is 26.4. The molecule has 7 aromatic rings. The summed E-state index contributed by atoms with van der Waals surface area (Å²) in [5.74, 6) is 0. The summed E-state index contributed by atoms with van der Waals surface area (Å²) in [5, 5.41) is 4.41. The molecule has 0 N–H and O–H groups in total. The lowest BCUT2D eigenvalue weighted by atomic mass is 10.0. The molecule has 0 aliphatic carbocycles. The Bertz CT molecular complexity index is 1970. The normalized spacial score (nSPS) is 12.0. The molecule has 0 saturated carbocycles. The van der Waals surface area contributed by atoms with Gasteiger partial charge in [0.2, 0.25) is 0 Å². The second kappa shape index (κ2) is 14.4. The van der Waals surface area contributed by atoms with Crippen LogP contribution in [0.1, 0.15) is 83.3 Å². The van der Waals surface area contributed by atoms with Crippen molar-refractivity contribution in [3.8, 4) is 39.0 Å². The molecule has 234 valence electrons. The first-order chi connectivity index (χ1) is 22.2. The van der Waals surface area contributed by atoms with Crippen molar-refractivity contribution >= 4 is 88.5 Å². The van der Waals surface area contributed by atoms with Crippen LogP contribution in [-0.4, -0.2) is 4.57 Å². The quantitative estimate of drug-likeness (QED) is 0.0937. The van der Waals surface area contributed by atoms with Crippen LogP contribution in [0.15, 0.2) is 59.3 Å². The van der Waals surface area contributed by atoms with E-state index in [0.717, 1.165) is 13.0 Å². The highest BCUT2D eigenvalue weighted by molar-refractivity contribution is 7.33. The van der Waals surface area contributed by atoms with Gasteiger partial charge >= 0.3 is 0 Å². The van der Waals surface area contributed by atoms with E-state index < -0.39 is 0 Å². The van der Waals surface area contributed by atoms with Crippen molar-refractivity contribution < 1.29 is 0 Å². The van der Waals surface area contributed by atoms with Crippen molar-refractivity contribution in [1.82, 2.24) is 4.57 Å². The Morgan fingerprint density at radius 3 is 1.49 bits per heavy atom. The average Bonchev–Trinajstić information content (AvgIpc) is 3.87. The molecular formula is C38H41NS6. The fourth-order valence-electron chi connectivity index (χ4n) is 6.23. The molecule has 0 aliphatic rings. The summed E-state index contributed by atoms with van der Waals surface area (Å²) in [4.78, 5) is 11.6. The molecular weight excluding hydrogens is 663 g/mol. The van der Waals surface area contributed by atoms with Gasteiger partial charge in [-0.1, -0.05) is 65.0 Å². The number of aromatic nitrogens is 1. The standard InChI is InChI=1S/C38H41NS6/c1-4-7-10-11-18-39-27-23-33(30-17-13-20-41-30)44-37(27)38-28(39)24-34(45-38)32-22-26(15-9-6-3)36(43-32)35-25(14-8-5-2)21-31(42-35)29-16-12-19-40-29/h12-13,16-17,19-24H,4-11,14-15,18H2,1-3H3. The number of nitrogens with zero attached hydrogens (tertiary/aromatic N) is 1. The third-order valence-corrected chi connectivity index (χ3v) is 15.9. The minimum absolute atomic E-state index is 1.11. The summed E-state index contributed by atoms with van der Waals surface area (Å²) in [6.07, 6.45) is 12.4. The summed E-state index contributed by atoms with van der Waals surface area (Å²) < 4.78 is 5.60. The average molecular weight is 704 g/mol. The highest BCUT2D eigenvalue weighted by Crippen LogP contribution is 2.50. The zero-order valence-corrected chi connectivity index (χ0v) is 31.3. The number of thiophene rings is 6. The lowest BCUT2D eigenvalue weighted by Gasteiger charge is -2.05. The van der Waals surface area contributed by atoms with Crippen molar-refractivity contribution in [3.63, 3.8) is 0 Å². The molecule has 0 unspecified atom stereocenters. The monoisotopic (exact) mass is 703 g/mol. The van der Waals surface area contributed by atoms with Crippen LogP contribution in [0.25, 0.3) is 59.5 Å².